The first-order chi connectivity index (χ1) is 8.63. The highest BCUT2D eigenvalue weighted by atomic mass is 16.3. The van der Waals surface area contributed by atoms with Gasteiger partial charge in [0.15, 0.2) is 0 Å². The van der Waals surface area contributed by atoms with Gasteiger partial charge in [-0.2, -0.15) is 0 Å². The van der Waals surface area contributed by atoms with E-state index in [1.165, 1.54) is 0 Å². The SMILES string of the molecule is CCCC(C)(C=O)CN1CCCN(CCO)CC1. The molecule has 0 aromatic heterocycles. The highest BCUT2D eigenvalue weighted by Crippen LogP contribution is 2.22. The van der Waals surface area contributed by atoms with Crippen LogP contribution < -0.4 is 0 Å². The lowest BCUT2D eigenvalue weighted by atomic mass is 9.86. The topological polar surface area (TPSA) is 43.8 Å². The molecule has 1 atom stereocenters. The Morgan fingerprint density at radius 1 is 1.22 bits per heavy atom. The molecule has 1 rings (SSSR count). The van der Waals surface area contributed by atoms with Crippen LogP contribution in [0.3, 0.4) is 0 Å². The van der Waals surface area contributed by atoms with E-state index in [-0.39, 0.29) is 12.0 Å². The third-order valence-electron chi connectivity index (χ3n) is 3.79. The zero-order valence-corrected chi connectivity index (χ0v) is 11.9. The van der Waals surface area contributed by atoms with Crippen LogP contribution in [-0.2, 0) is 4.79 Å². The normalized spacial score (nSPS) is 22.4. The number of aliphatic hydroxyl groups excluding tert-OH is 1. The van der Waals surface area contributed by atoms with Gasteiger partial charge in [-0.15, -0.1) is 0 Å². The Morgan fingerprint density at radius 3 is 2.50 bits per heavy atom. The van der Waals surface area contributed by atoms with Crippen LogP contribution in [0.1, 0.15) is 33.1 Å². The molecule has 1 fully saturated rings. The lowest BCUT2D eigenvalue weighted by molar-refractivity contribution is -0.116. The van der Waals surface area contributed by atoms with E-state index < -0.39 is 0 Å². The Bertz CT molecular complexity index is 248. The second-order valence-electron chi connectivity index (χ2n) is 5.72. The second kappa shape index (κ2) is 7.87. The zero-order chi connectivity index (χ0) is 13.4. The van der Waals surface area contributed by atoms with Crippen molar-refractivity contribution in [1.82, 2.24) is 9.80 Å². The van der Waals surface area contributed by atoms with Crippen molar-refractivity contribution < 1.29 is 9.90 Å². The number of carbonyl (C=O) groups excluding carboxylic acids is 1. The summed E-state index contributed by atoms with van der Waals surface area (Å²) in [5.41, 5.74) is -0.194. The fourth-order valence-electron chi connectivity index (χ4n) is 2.80. The van der Waals surface area contributed by atoms with E-state index in [0.717, 1.165) is 64.8 Å². The Morgan fingerprint density at radius 2 is 1.89 bits per heavy atom. The fourth-order valence-corrected chi connectivity index (χ4v) is 2.80. The number of aliphatic hydroxyl groups is 1. The molecule has 0 aliphatic carbocycles. The van der Waals surface area contributed by atoms with Gasteiger partial charge in [0.1, 0.15) is 6.29 Å². The molecule has 1 unspecified atom stereocenters. The Balaban J connectivity index is 2.45. The van der Waals surface area contributed by atoms with E-state index >= 15 is 0 Å². The van der Waals surface area contributed by atoms with Crippen molar-refractivity contribution in [2.24, 2.45) is 5.41 Å². The number of β-amino-alcohol motifs (C(OH)–C–C–N with tert-alkyl or cyclic N) is 1. The summed E-state index contributed by atoms with van der Waals surface area (Å²) in [6.07, 6.45) is 4.28. The van der Waals surface area contributed by atoms with Crippen LogP contribution in [0.5, 0.6) is 0 Å². The van der Waals surface area contributed by atoms with E-state index in [9.17, 15) is 4.79 Å². The van der Waals surface area contributed by atoms with E-state index in [1.54, 1.807) is 0 Å². The molecule has 0 spiro atoms. The first-order valence-corrected chi connectivity index (χ1v) is 7.15. The molecule has 106 valence electrons. The van der Waals surface area contributed by atoms with Crippen LogP contribution in [0.4, 0.5) is 0 Å². The molecule has 18 heavy (non-hydrogen) atoms. The number of rotatable bonds is 7. The number of hydrogen-bond donors (Lipinski definition) is 1. The van der Waals surface area contributed by atoms with Gasteiger partial charge in [0.05, 0.1) is 6.61 Å². The van der Waals surface area contributed by atoms with E-state index in [2.05, 4.69) is 23.6 Å². The summed E-state index contributed by atoms with van der Waals surface area (Å²) in [5, 5.41) is 8.97. The molecular weight excluding hydrogens is 228 g/mol. The molecule has 0 saturated carbocycles. The quantitative estimate of drug-likeness (QED) is 0.690. The van der Waals surface area contributed by atoms with Crippen molar-refractivity contribution in [2.75, 3.05) is 45.9 Å². The molecule has 0 amide bonds. The first-order valence-electron chi connectivity index (χ1n) is 7.15. The smallest absolute Gasteiger partial charge is 0.127 e. The van der Waals surface area contributed by atoms with Gasteiger partial charge in [-0.1, -0.05) is 20.3 Å². The summed E-state index contributed by atoms with van der Waals surface area (Å²) < 4.78 is 0. The second-order valence-corrected chi connectivity index (χ2v) is 5.72. The third-order valence-corrected chi connectivity index (χ3v) is 3.79. The van der Waals surface area contributed by atoms with Gasteiger partial charge >= 0.3 is 0 Å². The van der Waals surface area contributed by atoms with Gasteiger partial charge in [0, 0.05) is 31.6 Å². The average molecular weight is 256 g/mol. The number of nitrogens with zero attached hydrogens (tertiary/aromatic N) is 2. The minimum atomic E-state index is -0.194. The predicted octanol–water partition coefficient (Wildman–Crippen LogP) is 0.992. The molecule has 4 heteroatoms. The highest BCUT2D eigenvalue weighted by molar-refractivity contribution is 5.59. The zero-order valence-electron chi connectivity index (χ0n) is 11.9. The van der Waals surface area contributed by atoms with Gasteiger partial charge in [0.25, 0.3) is 0 Å². The molecule has 1 saturated heterocycles. The molecule has 1 heterocycles. The summed E-state index contributed by atoms with van der Waals surface area (Å²) in [6.45, 7) is 10.2. The lowest BCUT2D eigenvalue weighted by Crippen LogP contribution is -2.39. The first kappa shape index (κ1) is 15.6. The fraction of sp³-hybridized carbons (Fsp3) is 0.929. The van der Waals surface area contributed by atoms with Crippen molar-refractivity contribution in [2.45, 2.75) is 33.1 Å². The maximum absolute atomic E-state index is 11.3. The molecule has 1 aliphatic heterocycles. The summed E-state index contributed by atoms with van der Waals surface area (Å²) in [7, 11) is 0. The van der Waals surface area contributed by atoms with Crippen LogP contribution in [0, 0.1) is 5.41 Å². The van der Waals surface area contributed by atoms with E-state index in [4.69, 9.17) is 5.11 Å². The minimum absolute atomic E-state index is 0.194. The van der Waals surface area contributed by atoms with Crippen molar-refractivity contribution in [3.05, 3.63) is 0 Å². The van der Waals surface area contributed by atoms with Crippen molar-refractivity contribution >= 4 is 6.29 Å². The predicted molar refractivity (Wildman–Crippen MR) is 73.7 cm³/mol. The summed E-state index contributed by atoms with van der Waals surface area (Å²) in [5.74, 6) is 0. The molecule has 0 bridgehead atoms. The molecule has 1 aliphatic rings. The van der Waals surface area contributed by atoms with Gasteiger partial charge < -0.3 is 14.8 Å². The van der Waals surface area contributed by atoms with E-state index in [1.807, 2.05) is 0 Å². The van der Waals surface area contributed by atoms with Gasteiger partial charge in [0.2, 0.25) is 0 Å². The van der Waals surface area contributed by atoms with Gasteiger partial charge in [-0.3, -0.25) is 4.90 Å². The Labute approximate surface area is 111 Å². The number of carbonyl (C=O) groups is 1. The third kappa shape index (κ3) is 5.04. The van der Waals surface area contributed by atoms with Crippen molar-refractivity contribution in [1.29, 1.82) is 0 Å². The molecule has 0 radical (unpaired) electrons. The molecule has 4 nitrogen and oxygen atoms in total. The minimum Gasteiger partial charge on any atom is -0.395 e. The summed E-state index contributed by atoms with van der Waals surface area (Å²) >= 11 is 0. The van der Waals surface area contributed by atoms with Crippen molar-refractivity contribution in [3.8, 4) is 0 Å². The monoisotopic (exact) mass is 256 g/mol. The molecular formula is C14H28N2O2. The summed E-state index contributed by atoms with van der Waals surface area (Å²) in [6, 6.07) is 0. The van der Waals surface area contributed by atoms with Crippen molar-refractivity contribution in [3.63, 3.8) is 0 Å². The lowest BCUT2D eigenvalue weighted by Gasteiger charge is -2.30. The average Bonchev–Trinajstić information content (AvgIpc) is 2.56. The largest absolute Gasteiger partial charge is 0.395 e. The van der Waals surface area contributed by atoms with Crippen LogP contribution in [0.25, 0.3) is 0 Å². The maximum Gasteiger partial charge on any atom is 0.127 e. The molecule has 0 aromatic carbocycles. The maximum atomic E-state index is 11.3. The van der Waals surface area contributed by atoms with E-state index in [0.29, 0.717) is 0 Å². The van der Waals surface area contributed by atoms with Crippen LogP contribution in [-0.4, -0.2) is 67.1 Å². The highest BCUT2D eigenvalue weighted by Gasteiger charge is 2.26. The van der Waals surface area contributed by atoms with Crippen LogP contribution >= 0.6 is 0 Å². The van der Waals surface area contributed by atoms with Crippen LogP contribution in [0.2, 0.25) is 0 Å². The summed E-state index contributed by atoms with van der Waals surface area (Å²) in [4.78, 5) is 16.0. The standard InChI is InChI=1S/C14H28N2O2/c1-3-5-14(2,13-18)12-16-7-4-6-15(8-9-16)10-11-17/h13,17H,3-12H2,1-2H3. The van der Waals surface area contributed by atoms with Gasteiger partial charge in [-0.05, 0) is 25.9 Å². The number of hydrogen-bond acceptors (Lipinski definition) is 4. The Hall–Kier alpha value is -0.450. The molecule has 0 aromatic rings. The number of aldehydes is 1. The molecule has 1 N–H and O–H groups in total. The Kier molecular flexibility index (Phi) is 6.82. The van der Waals surface area contributed by atoms with Crippen LogP contribution in [0.15, 0.2) is 0 Å². The van der Waals surface area contributed by atoms with Gasteiger partial charge in [-0.25, -0.2) is 0 Å².